The van der Waals surface area contributed by atoms with Gasteiger partial charge in [-0.2, -0.15) is 0 Å². The van der Waals surface area contributed by atoms with E-state index in [1.807, 2.05) is 40.9 Å². The Kier molecular flexibility index (Phi) is 62.4. The number of nitrogens with two attached hydrogens (primary N) is 4. The largest absolute Gasteiger partial charge is 0.480 e. The van der Waals surface area contributed by atoms with Gasteiger partial charge in [-0.1, -0.05) is 199 Å². The van der Waals surface area contributed by atoms with Crippen molar-refractivity contribution in [3.05, 3.63) is 31.3 Å². The average Bonchev–Trinajstić information content (AvgIpc) is 3.42. The second-order valence-corrected chi connectivity index (χ2v) is 35.6. The molecule has 0 bridgehead atoms. The van der Waals surface area contributed by atoms with E-state index in [1.54, 1.807) is 54.0 Å². The lowest BCUT2D eigenvalue weighted by molar-refractivity contribution is -0.147. The molecular weight excluding hydrogens is 1310 g/mol. The van der Waals surface area contributed by atoms with Crippen LogP contribution in [0.1, 0.15) is 115 Å². The van der Waals surface area contributed by atoms with Crippen LogP contribution in [0.15, 0.2) is 15.3 Å². The molecule has 0 fully saturated rings. The maximum atomic E-state index is 11.7. The molecule has 0 aromatic carbocycles. The second-order valence-electron chi connectivity index (χ2n) is 20.1. The molecule has 18 N–H and O–H groups in total. The van der Waals surface area contributed by atoms with Crippen LogP contribution in [0.25, 0.3) is 31.3 Å². The van der Waals surface area contributed by atoms with Gasteiger partial charge in [0.15, 0.2) is 12.2 Å². The van der Waals surface area contributed by atoms with E-state index in [9.17, 15) is 28.8 Å². The minimum atomic E-state index is -1.39. The van der Waals surface area contributed by atoms with Gasteiger partial charge in [-0.15, -0.1) is 0 Å². The minimum absolute atomic E-state index is 0.0607. The summed E-state index contributed by atoms with van der Waals surface area (Å²) in [5, 5.41) is 89.0. The molecule has 496 valence electrons. The van der Waals surface area contributed by atoms with Gasteiger partial charge in [0.1, 0.15) is 24.7 Å². The molecule has 0 aliphatic carbocycles. The smallest absolute Gasteiger partial charge is 0.333 e. The number of hydrogen-bond donors (Lipinski definition) is 14. The number of aliphatic hydroxyl groups excluding tert-OH is 3. The van der Waals surface area contributed by atoms with Gasteiger partial charge in [0.2, 0.25) is 5.91 Å². The molecule has 0 radical (unpaired) electrons. The molecule has 1 amide bonds. The van der Waals surface area contributed by atoms with E-state index in [0.717, 1.165) is 0 Å². The molecule has 0 aliphatic heterocycles. The zero-order valence-electron chi connectivity index (χ0n) is 49.8. The van der Waals surface area contributed by atoms with Crippen LogP contribution in [0.5, 0.6) is 0 Å². The van der Waals surface area contributed by atoms with Gasteiger partial charge < -0.3 is 74.2 Å². The predicted octanol–water partition coefficient (Wildman–Crippen LogP) is 8.28. The Morgan fingerprint density at radius 2 is 0.894 bits per heavy atom. The number of carboxylic acids is 6. The fourth-order valence-corrected chi connectivity index (χ4v) is 15.7. The molecular formula is C45H90N14O16S10. The van der Waals surface area contributed by atoms with Crippen LogP contribution in [0.2, 0.25) is 0 Å². The van der Waals surface area contributed by atoms with Gasteiger partial charge in [-0.05, 0) is 61.4 Å². The first-order valence-corrected chi connectivity index (χ1v) is 37.0. The summed E-state index contributed by atoms with van der Waals surface area (Å²) in [6.45, 7) is 23.1. The first-order valence-electron chi connectivity index (χ1n) is 25.2. The summed E-state index contributed by atoms with van der Waals surface area (Å²) in [6, 6.07) is -3.17. The van der Waals surface area contributed by atoms with Crippen LogP contribution in [-0.2, 0) is 33.6 Å². The third kappa shape index (κ3) is 73.8. The molecule has 4 unspecified atom stereocenters. The number of unbranched alkanes of at least 4 members (excludes halogenated alkanes) is 1. The van der Waals surface area contributed by atoms with E-state index in [1.165, 1.54) is 54.0 Å². The van der Waals surface area contributed by atoms with E-state index >= 15 is 0 Å². The first kappa shape index (κ1) is 93.6. The number of amides is 1. The summed E-state index contributed by atoms with van der Waals surface area (Å²) in [4.78, 5) is 81.1. The van der Waals surface area contributed by atoms with Crippen molar-refractivity contribution < 1.29 is 79.5 Å². The quantitative estimate of drug-likeness (QED) is 0.00914. The van der Waals surface area contributed by atoms with Crippen molar-refractivity contribution in [1.29, 1.82) is 0 Å². The Bertz CT molecular complexity index is 2020. The Hall–Kier alpha value is -2.56. The number of carboxylic acid groups (broad SMARTS) is 6. The second kappa shape index (κ2) is 56.7. The van der Waals surface area contributed by atoms with Crippen molar-refractivity contribution >= 4 is 150 Å². The van der Waals surface area contributed by atoms with E-state index in [2.05, 4.69) is 76.9 Å². The van der Waals surface area contributed by atoms with Crippen molar-refractivity contribution in [3.8, 4) is 0 Å². The first-order chi connectivity index (χ1) is 39.1. The number of carbonyl (C=O) groups is 7. The maximum Gasteiger partial charge on any atom is 0.333 e. The molecule has 9 atom stereocenters. The summed E-state index contributed by atoms with van der Waals surface area (Å²) in [5.41, 5.74) is 46.7. The fraction of sp³-hybridized carbons (Fsp3) is 0.844. The van der Waals surface area contributed by atoms with Crippen LogP contribution in [0.4, 0.5) is 0 Å². The van der Waals surface area contributed by atoms with Crippen LogP contribution < -0.4 is 28.3 Å². The number of nitrogens with zero attached hydrogens (tertiary/aromatic N) is 9. The zero-order valence-corrected chi connectivity index (χ0v) is 57.9. The lowest BCUT2D eigenvalue weighted by Gasteiger charge is -2.22. The van der Waals surface area contributed by atoms with Crippen LogP contribution >= 0.6 is 108 Å². The summed E-state index contributed by atoms with van der Waals surface area (Å²) in [5.74, 6) is -6.01. The van der Waals surface area contributed by atoms with Gasteiger partial charge in [0.05, 0.1) is 6.04 Å². The van der Waals surface area contributed by atoms with E-state index < -0.39 is 78.8 Å². The number of aliphatic carboxylic acids is 6. The van der Waals surface area contributed by atoms with Crippen LogP contribution in [0, 0.1) is 0 Å². The Morgan fingerprint density at radius 3 is 1.22 bits per heavy atom. The summed E-state index contributed by atoms with van der Waals surface area (Å²) in [7, 11) is 15.4. The molecule has 0 rings (SSSR count). The lowest BCUT2D eigenvalue weighted by atomic mass is 10.1. The van der Waals surface area contributed by atoms with Crippen molar-refractivity contribution in [2.45, 2.75) is 186 Å². The molecule has 0 saturated heterocycles. The molecule has 0 aromatic heterocycles. The van der Waals surface area contributed by atoms with Crippen molar-refractivity contribution in [3.63, 3.8) is 0 Å². The van der Waals surface area contributed by atoms with Gasteiger partial charge in [-0.3, -0.25) is 19.2 Å². The van der Waals surface area contributed by atoms with Gasteiger partial charge in [0, 0.05) is 87.7 Å². The molecule has 0 aliphatic rings. The van der Waals surface area contributed by atoms with E-state index in [4.69, 9.17) is 90.3 Å². The Labute approximate surface area is 537 Å². The lowest BCUT2D eigenvalue weighted by Crippen LogP contribution is -2.42. The zero-order chi connectivity index (χ0) is 67.5. The summed E-state index contributed by atoms with van der Waals surface area (Å²) in [6.07, 6.45) is 1.65. The summed E-state index contributed by atoms with van der Waals surface area (Å²) >= 11 is 0. The third-order valence-electron chi connectivity index (χ3n) is 7.94. The number of azide groups is 3. The minimum Gasteiger partial charge on any atom is -0.480 e. The fourth-order valence-electron chi connectivity index (χ4n) is 4.13. The monoisotopic (exact) mass is 1400 g/mol. The number of nitrogens with one attached hydrogen (secondary N) is 1. The normalized spacial score (nSPS) is 14.0. The SMILES string of the molecule is CC(C)(C)SSC(CN=[N+]=[N-])C[C@H](N)C(=O)O.CC(C)(C)SSCC(O)C(=O)O.CC(C)(C)SSC[C@H](N)C(=O)NCCCC[C@H](N)C(=O)O.CC(C)SSC(CN=[N+]=[N-])C[C@H](N)C(=O)O.CSSC(CN=[N+]=[N-])C[C@H](O)C(=O)O.O=C(O)CO. The summed E-state index contributed by atoms with van der Waals surface area (Å²) < 4.78 is 0.305. The van der Waals surface area contributed by atoms with Gasteiger partial charge >= 0.3 is 35.8 Å². The molecule has 85 heavy (non-hydrogen) atoms. The molecule has 30 nitrogen and oxygen atoms in total. The predicted molar refractivity (Wildman–Crippen MR) is 357 cm³/mol. The Balaban J connectivity index is -0.000000227. The number of rotatable bonds is 37. The third-order valence-corrected chi connectivity index (χ3v) is 24.1. The maximum absolute atomic E-state index is 11.7. The van der Waals surface area contributed by atoms with E-state index in [-0.39, 0.29) is 67.7 Å². The van der Waals surface area contributed by atoms with Gasteiger partial charge in [0.25, 0.3) is 0 Å². The van der Waals surface area contributed by atoms with Gasteiger partial charge in [-0.25, -0.2) is 14.4 Å². The number of aliphatic hydroxyl groups is 3. The van der Waals surface area contributed by atoms with Crippen LogP contribution in [0.3, 0.4) is 0 Å². The number of carbonyl (C=O) groups excluding carboxylic acids is 1. The molecule has 40 heteroatoms. The standard InChI is InChI=1S/C13H27N3O3S2.C9H18N4O2S2.C8H16N4O2S2.C7H14O3S2.C6H11N3O3S2.C2H4O3/c1-13(2,3)21-20-8-10(15)11(17)16-7-5-4-6-9(14)12(18)19;1-9(2,3)17-16-6(5-12-13-11)4-7(10)8(14)15;1-5(2)15-16-6(4-11-12-10)3-7(9)8(13)14;1-7(2,3)12-11-4-5(8)6(9)10;1-13-14-4(3-8-9-7)2-5(10)6(11)12;3-1-2(4)5/h9-10H,4-8,14-15H2,1-3H3,(H,16,17)(H,18,19);6-7H,4-5,10H2,1-3H3,(H,14,15);5-7H,3-4,9H2,1-2H3,(H,13,14);5,8H,4H2,1-3H3,(H,9,10);4-5,10H,2-3H2,1H3,(H,11,12);3H,1H2,(H,4,5)/t9-,10-;2*6?,7-;;4?,5-;/m000.0./s1. The van der Waals surface area contributed by atoms with Crippen molar-refractivity contribution in [2.75, 3.05) is 50.5 Å². The highest BCUT2D eigenvalue weighted by molar-refractivity contribution is 8.78. The molecule has 0 heterocycles. The van der Waals surface area contributed by atoms with Crippen molar-refractivity contribution in [1.82, 2.24) is 5.32 Å². The van der Waals surface area contributed by atoms with E-state index in [0.29, 0.717) is 49.7 Å². The Morgan fingerprint density at radius 1 is 0.518 bits per heavy atom. The molecule has 0 aromatic rings. The average molecular weight is 1400 g/mol. The highest BCUT2D eigenvalue weighted by atomic mass is 33.1. The molecule has 0 spiro atoms. The van der Waals surface area contributed by atoms with Crippen LogP contribution in [-0.4, -0.2) is 210 Å². The topological polar surface area (TPSA) is 564 Å². The molecule has 0 saturated carbocycles. The van der Waals surface area contributed by atoms with Crippen molar-refractivity contribution in [2.24, 2.45) is 38.3 Å². The highest BCUT2D eigenvalue weighted by Gasteiger charge is 2.24. The highest BCUT2D eigenvalue weighted by Crippen LogP contribution is 2.40. The number of hydrogen-bond acceptors (Lipinski definition) is 27.